The van der Waals surface area contributed by atoms with Crippen molar-refractivity contribution in [3.8, 4) is 0 Å². The highest BCUT2D eigenvalue weighted by Gasteiger charge is 2.27. The molecule has 4 rings (SSSR count). The zero-order valence-corrected chi connectivity index (χ0v) is 17.7. The summed E-state index contributed by atoms with van der Waals surface area (Å²) in [6.45, 7) is 1.93. The van der Waals surface area contributed by atoms with Crippen molar-refractivity contribution >= 4 is 27.3 Å². The molecule has 3 aromatic carbocycles. The molecule has 0 saturated heterocycles. The first-order valence-electron chi connectivity index (χ1n) is 10.1. The summed E-state index contributed by atoms with van der Waals surface area (Å²) in [5, 5.41) is 15.1. The fraction of sp³-hybridized carbons (Fsp3) is 0.192. The summed E-state index contributed by atoms with van der Waals surface area (Å²) < 4.78 is 1.13. The normalized spacial score (nSPS) is 13.3. The number of hydrogen-bond donors (Lipinski definition) is 2. The molecule has 2 N–H and O–H groups in total. The molecule has 0 saturated carbocycles. The minimum absolute atomic E-state index is 0.0262. The molecular weight excluding hydrogens is 390 g/mol. The van der Waals surface area contributed by atoms with Crippen LogP contribution >= 0.6 is 11.3 Å². The van der Waals surface area contributed by atoms with Crippen molar-refractivity contribution in [1.29, 1.82) is 0 Å². The van der Waals surface area contributed by atoms with Gasteiger partial charge in [0.25, 0.3) is 0 Å². The minimum Gasteiger partial charge on any atom is -0.383 e. The predicted molar refractivity (Wildman–Crippen MR) is 124 cm³/mol. The van der Waals surface area contributed by atoms with Gasteiger partial charge in [0.1, 0.15) is 5.60 Å². The molecule has 4 aromatic rings. The standard InChI is InChI=1S/C26H25NO2S/c1-26(29,24-16-21-14-8-9-15-23(21)30-24)18-27-25(28)17-22(19-10-4-2-5-11-19)20-12-6-3-7-13-20/h2-16,22,29H,17-18H2,1H3,(H,27,28). The molecule has 0 aliphatic rings. The van der Waals surface area contributed by atoms with Crippen LogP contribution in [0, 0.1) is 0 Å². The van der Waals surface area contributed by atoms with E-state index in [1.165, 1.54) is 0 Å². The van der Waals surface area contributed by atoms with Crippen molar-refractivity contribution in [3.63, 3.8) is 0 Å². The molecule has 1 atom stereocenters. The van der Waals surface area contributed by atoms with Gasteiger partial charge in [-0.1, -0.05) is 78.9 Å². The molecule has 3 nitrogen and oxygen atoms in total. The van der Waals surface area contributed by atoms with Crippen LogP contribution < -0.4 is 5.32 Å². The number of carbonyl (C=O) groups is 1. The molecule has 0 aliphatic carbocycles. The van der Waals surface area contributed by atoms with Gasteiger partial charge < -0.3 is 10.4 Å². The minimum atomic E-state index is -1.12. The van der Waals surface area contributed by atoms with E-state index in [1.54, 1.807) is 18.3 Å². The zero-order valence-electron chi connectivity index (χ0n) is 16.9. The van der Waals surface area contributed by atoms with Crippen LogP contribution in [0.5, 0.6) is 0 Å². The summed E-state index contributed by atoms with van der Waals surface area (Å²) in [5.41, 5.74) is 1.10. The second-order valence-electron chi connectivity index (χ2n) is 7.78. The smallest absolute Gasteiger partial charge is 0.221 e. The molecule has 0 spiro atoms. The Morgan fingerprint density at radius 1 is 0.933 bits per heavy atom. The Kier molecular flexibility index (Phi) is 5.98. The van der Waals surface area contributed by atoms with Gasteiger partial charge in [0.05, 0.1) is 6.54 Å². The molecule has 0 aliphatic heterocycles. The fourth-order valence-corrected chi connectivity index (χ4v) is 4.77. The molecular formula is C26H25NO2S. The number of amides is 1. The third-order valence-electron chi connectivity index (χ3n) is 5.38. The topological polar surface area (TPSA) is 49.3 Å². The van der Waals surface area contributed by atoms with E-state index in [9.17, 15) is 9.90 Å². The third-order valence-corrected chi connectivity index (χ3v) is 6.75. The average Bonchev–Trinajstić information content (AvgIpc) is 3.23. The first-order valence-corrected chi connectivity index (χ1v) is 10.9. The van der Waals surface area contributed by atoms with Gasteiger partial charge in [0, 0.05) is 21.9 Å². The SMILES string of the molecule is CC(O)(CNC(=O)CC(c1ccccc1)c1ccccc1)c1cc2ccccc2s1. The van der Waals surface area contributed by atoms with Crippen LogP contribution in [0.1, 0.15) is 35.3 Å². The van der Waals surface area contributed by atoms with Gasteiger partial charge in [0.2, 0.25) is 5.91 Å². The molecule has 1 amide bonds. The highest BCUT2D eigenvalue weighted by molar-refractivity contribution is 7.19. The quantitative estimate of drug-likeness (QED) is 0.422. The lowest BCUT2D eigenvalue weighted by molar-refractivity contribution is -0.122. The molecule has 30 heavy (non-hydrogen) atoms. The number of fused-ring (bicyclic) bond motifs is 1. The van der Waals surface area contributed by atoms with Crippen molar-refractivity contribution in [2.75, 3.05) is 6.54 Å². The van der Waals surface area contributed by atoms with Crippen LogP contribution in [0.25, 0.3) is 10.1 Å². The number of hydrogen-bond acceptors (Lipinski definition) is 3. The molecule has 0 bridgehead atoms. The van der Waals surface area contributed by atoms with Crippen molar-refractivity contribution < 1.29 is 9.90 Å². The molecule has 1 heterocycles. The summed E-state index contributed by atoms with van der Waals surface area (Å²) in [6.07, 6.45) is 0.330. The monoisotopic (exact) mass is 415 g/mol. The first-order chi connectivity index (χ1) is 14.5. The van der Waals surface area contributed by atoms with E-state index >= 15 is 0 Å². The Bertz CT molecular complexity index is 1050. The maximum atomic E-state index is 12.8. The Balaban J connectivity index is 1.47. The molecule has 4 heteroatoms. The number of aliphatic hydroxyl groups is 1. The van der Waals surface area contributed by atoms with Gasteiger partial charge in [-0.05, 0) is 35.6 Å². The zero-order chi connectivity index (χ0) is 21.0. The van der Waals surface area contributed by atoms with Gasteiger partial charge in [-0.25, -0.2) is 0 Å². The summed E-state index contributed by atoms with van der Waals surface area (Å²) >= 11 is 1.56. The first kappa shape index (κ1) is 20.3. The Labute approximate surface area is 181 Å². The van der Waals surface area contributed by atoms with E-state index in [2.05, 4.69) is 29.6 Å². The predicted octanol–water partition coefficient (Wildman–Crippen LogP) is 5.45. The molecule has 1 aromatic heterocycles. The molecule has 1 unspecified atom stereocenters. The van der Waals surface area contributed by atoms with Crippen LogP contribution in [-0.4, -0.2) is 17.6 Å². The van der Waals surface area contributed by atoms with E-state index < -0.39 is 5.60 Å². The Morgan fingerprint density at radius 2 is 1.50 bits per heavy atom. The van der Waals surface area contributed by atoms with Crippen LogP contribution in [0.4, 0.5) is 0 Å². The lowest BCUT2D eigenvalue weighted by Gasteiger charge is -2.23. The van der Waals surface area contributed by atoms with E-state index in [0.29, 0.717) is 6.42 Å². The van der Waals surface area contributed by atoms with Crippen LogP contribution in [0.2, 0.25) is 0 Å². The van der Waals surface area contributed by atoms with E-state index in [0.717, 1.165) is 26.1 Å². The summed E-state index contributed by atoms with van der Waals surface area (Å²) in [4.78, 5) is 13.7. The van der Waals surface area contributed by atoms with Gasteiger partial charge in [0.15, 0.2) is 0 Å². The van der Waals surface area contributed by atoms with Crippen molar-refractivity contribution in [2.45, 2.75) is 24.9 Å². The number of nitrogens with one attached hydrogen (secondary N) is 1. The summed E-state index contributed by atoms with van der Waals surface area (Å²) in [7, 11) is 0. The Morgan fingerprint density at radius 3 is 2.10 bits per heavy atom. The average molecular weight is 416 g/mol. The number of thiophene rings is 1. The number of rotatable bonds is 7. The number of benzene rings is 3. The second-order valence-corrected chi connectivity index (χ2v) is 8.86. The van der Waals surface area contributed by atoms with Gasteiger partial charge >= 0.3 is 0 Å². The van der Waals surface area contributed by atoms with Crippen LogP contribution in [-0.2, 0) is 10.4 Å². The third kappa shape index (κ3) is 4.61. The molecule has 0 fully saturated rings. The van der Waals surface area contributed by atoms with Gasteiger partial charge in [-0.15, -0.1) is 11.3 Å². The van der Waals surface area contributed by atoms with E-state index in [-0.39, 0.29) is 18.4 Å². The number of carbonyl (C=O) groups excluding carboxylic acids is 1. The van der Waals surface area contributed by atoms with Crippen LogP contribution in [0.3, 0.4) is 0 Å². The van der Waals surface area contributed by atoms with Crippen molar-refractivity contribution in [1.82, 2.24) is 5.32 Å². The summed E-state index contributed by atoms with van der Waals surface area (Å²) in [6, 6.07) is 30.2. The Hall–Kier alpha value is -2.95. The van der Waals surface area contributed by atoms with E-state index in [4.69, 9.17) is 0 Å². The molecule has 152 valence electrons. The molecule has 0 radical (unpaired) electrons. The van der Waals surface area contributed by atoms with Gasteiger partial charge in [-0.3, -0.25) is 4.79 Å². The van der Waals surface area contributed by atoms with Gasteiger partial charge in [-0.2, -0.15) is 0 Å². The maximum Gasteiger partial charge on any atom is 0.221 e. The fourth-order valence-electron chi connectivity index (χ4n) is 3.66. The summed E-state index contributed by atoms with van der Waals surface area (Å²) in [5.74, 6) is -0.101. The lowest BCUT2D eigenvalue weighted by Crippen LogP contribution is -2.38. The van der Waals surface area contributed by atoms with Crippen molar-refractivity contribution in [3.05, 3.63) is 107 Å². The highest BCUT2D eigenvalue weighted by atomic mass is 32.1. The second kappa shape index (κ2) is 8.82. The largest absolute Gasteiger partial charge is 0.383 e. The maximum absolute atomic E-state index is 12.8. The van der Waals surface area contributed by atoms with Crippen molar-refractivity contribution in [2.24, 2.45) is 0 Å². The van der Waals surface area contributed by atoms with Crippen LogP contribution in [0.15, 0.2) is 91.0 Å². The highest BCUT2D eigenvalue weighted by Crippen LogP contribution is 2.33. The lowest BCUT2D eigenvalue weighted by atomic mass is 9.88. The van der Waals surface area contributed by atoms with E-state index in [1.807, 2.05) is 66.7 Å².